The molecule has 0 saturated carbocycles. The summed E-state index contributed by atoms with van der Waals surface area (Å²) < 4.78 is 7.42. The smallest absolute Gasteiger partial charge is 0.411 e. The number of likely N-dealkylation sites (tertiary alicyclic amines) is 1. The number of anilines is 1. The summed E-state index contributed by atoms with van der Waals surface area (Å²) >= 11 is 0. The topological polar surface area (TPSA) is 76.5 Å². The number of para-hydroxylation sites is 1. The average molecular weight is 447 g/mol. The van der Waals surface area contributed by atoms with E-state index in [0.717, 1.165) is 23.4 Å². The second kappa shape index (κ2) is 9.10. The quantitative estimate of drug-likeness (QED) is 0.593. The van der Waals surface area contributed by atoms with Crippen LogP contribution in [0.2, 0.25) is 0 Å². The molecule has 3 aromatic rings. The average Bonchev–Trinajstić information content (AvgIpc) is 3.37. The summed E-state index contributed by atoms with van der Waals surface area (Å²) in [4.78, 5) is 32.4. The van der Waals surface area contributed by atoms with Gasteiger partial charge in [0.25, 0.3) is 0 Å². The first-order valence-electron chi connectivity index (χ1n) is 11.3. The van der Waals surface area contributed by atoms with Crippen LogP contribution in [0.5, 0.6) is 0 Å². The van der Waals surface area contributed by atoms with Crippen molar-refractivity contribution >= 4 is 17.9 Å². The van der Waals surface area contributed by atoms with E-state index in [4.69, 9.17) is 9.72 Å². The summed E-state index contributed by atoms with van der Waals surface area (Å²) in [5.74, 6) is 0.140. The number of benzene rings is 2. The SMILES string of the molecule is CC1CCC(C(=O)Nc2nc(-c3ccccc3)cn2-c2ccccc2)N1C(=O)OC(C)(C)C. The molecule has 1 saturated heterocycles. The Balaban J connectivity index is 1.63. The van der Waals surface area contributed by atoms with Crippen molar-refractivity contribution in [2.75, 3.05) is 5.32 Å². The van der Waals surface area contributed by atoms with Gasteiger partial charge in [0, 0.05) is 23.5 Å². The summed E-state index contributed by atoms with van der Waals surface area (Å²) in [6.07, 6.45) is 2.75. The number of hydrogen-bond acceptors (Lipinski definition) is 4. The number of rotatable bonds is 4. The summed E-state index contributed by atoms with van der Waals surface area (Å²) in [7, 11) is 0. The first kappa shape index (κ1) is 22.6. The molecule has 4 rings (SSSR count). The number of nitrogens with zero attached hydrogens (tertiary/aromatic N) is 3. The van der Waals surface area contributed by atoms with E-state index in [-0.39, 0.29) is 11.9 Å². The Hall–Kier alpha value is -3.61. The fourth-order valence-electron chi connectivity index (χ4n) is 4.06. The molecule has 172 valence electrons. The van der Waals surface area contributed by atoms with Gasteiger partial charge in [0.1, 0.15) is 11.6 Å². The van der Waals surface area contributed by atoms with Crippen LogP contribution in [-0.2, 0) is 9.53 Å². The van der Waals surface area contributed by atoms with Crippen LogP contribution in [0, 0.1) is 0 Å². The van der Waals surface area contributed by atoms with E-state index in [0.29, 0.717) is 12.4 Å². The highest BCUT2D eigenvalue weighted by Gasteiger charge is 2.41. The third-order valence-electron chi connectivity index (χ3n) is 5.62. The summed E-state index contributed by atoms with van der Waals surface area (Å²) in [5.41, 5.74) is 1.95. The minimum absolute atomic E-state index is 0.0793. The molecule has 0 spiro atoms. The molecule has 1 aliphatic rings. The van der Waals surface area contributed by atoms with E-state index in [9.17, 15) is 9.59 Å². The first-order valence-corrected chi connectivity index (χ1v) is 11.3. The molecule has 0 radical (unpaired) electrons. The molecule has 2 amide bonds. The normalized spacial score (nSPS) is 18.2. The molecule has 1 aromatic heterocycles. The highest BCUT2D eigenvalue weighted by Crippen LogP contribution is 2.29. The van der Waals surface area contributed by atoms with Crippen LogP contribution in [0.25, 0.3) is 16.9 Å². The second-order valence-corrected chi connectivity index (χ2v) is 9.34. The molecule has 1 N–H and O–H groups in total. The van der Waals surface area contributed by atoms with Crippen LogP contribution in [0.3, 0.4) is 0 Å². The molecular weight excluding hydrogens is 416 g/mol. The predicted octanol–water partition coefficient (Wildman–Crippen LogP) is 5.27. The molecular formula is C26H30N4O3. The molecule has 2 atom stereocenters. The van der Waals surface area contributed by atoms with E-state index in [1.807, 2.05) is 99.1 Å². The molecule has 2 heterocycles. The van der Waals surface area contributed by atoms with Gasteiger partial charge in [0.2, 0.25) is 11.9 Å². The maximum Gasteiger partial charge on any atom is 0.411 e. The van der Waals surface area contributed by atoms with Crippen molar-refractivity contribution in [1.82, 2.24) is 14.5 Å². The zero-order chi connectivity index (χ0) is 23.6. The zero-order valence-electron chi connectivity index (χ0n) is 19.5. The minimum Gasteiger partial charge on any atom is -0.444 e. The number of imidazole rings is 1. The minimum atomic E-state index is -0.630. The van der Waals surface area contributed by atoms with Crippen LogP contribution in [0.4, 0.5) is 10.7 Å². The monoisotopic (exact) mass is 446 g/mol. The molecule has 2 unspecified atom stereocenters. The van der Waals surface area contributed by atoms with Crippen molar-refractivity contribution in [3.8, 4) is 16.9 Å². The van der Waals surface area contributed by atoms with Crippen molar-refractivity contribution in [1.29, 1.82) is 0 Å². The van der Waals surface area contributed by atoms with Gasteiger partial charge in [0.15, 0.2) is 0 Å². The number of amides is 2. The van der Waals surface area contributed by atoms with Crippen molar-refractivity contribution in [3.05, 3.63) is 66.9 Å². The van der Waals surface area contributed by atoms with Gasteiger partial charge in [-0.15, -0.1) is 0 Å². The largest absolute Gasteiger partial charge is 0.444 e. The van der Waals surface area contributed by atoms with Crippen molar-refractivity contribution in [2.24, 2.45) is 0 Å². The van der Waals surface area contributed by atoms with Crippen molar-refractivity contribution in [3.63, 3.8) is 0 Å². The summed E-state index contributed by atoms with van der Waals surface area (Å²) in [6, 6.07) is 18.8. The Morgan fingerprint density at radius 3 is 2.27 bits per heavy atom. The molecule has 33 heavy (non-hydrogen) atoms. The number of carbonyl (C=O) groups is 2. The highest BCUT2D eigenvalue weighted by atomic mass is 16.6. The van der Waals surface area contributed by atoms with Gasteiger partial charge in [-0.2, -0.15) is 0 Å². The lowest BCUT2D eigenvalue weighted by Crippen LogP contribution is -2.48. The Labute approximate surface area is 194 Å². The molecule has 0 aliphatic carbocycles. The van der Waals surface area contributed by atoms with Gasteiger partial charge in [-0.1, -0.05) is 48.5 Å². The predicted molar refractivity (Wildman–Crippen MR) is 128 cm³/mol. The van der Waals surface area contributed by atoms with Gasteiger partial charge >= 0.3 is 6.09 Å². The summed E-state index contributed by atoms with van der Waals surface area (Å²) in [5, 5.41) is 2.97. The molecule has 1 aliphatic heterocycles. The van der Waals surface area contributed by atoms with Crippen LogP contribution in [-0.4, -0.2) is 44.1 Å². The Kier molecular flexibility index (Phi) is 6.22. The third kappa shape index (κ3) is 5.08. The lowest BCUT2D eigenvalue weighted by Gasteiger charge is -2.30. The third-order valence-corrected chi connectivity index (χ3v) is 5.62. The van der Waals surface area contributed by atoms with Crippen molar-refractivity contribution in [2.45, 2.75) is 58.2 Å². The van der Waals surface area contributed by atoms with E-state index < -0.39 is 17.7 Å². The van der Waals surface area contributed by atoms with Gasteiger partial charge in [-0.3, -0.25) is 19.6 Å². The zero-order valence-corrected chi connectivity index (χ0v) is 19.5. The van der Waals surface area contributed by atoms with Gasteiger partial charge < -0.3 is 4.74 Å². The highest BCUT2D eigenvalue weighted by molar-refractivity contribution is 5.96. The number of ether oxygens (including phenoxy) is 1. The van der Waals surface area contributed by atoms with Crippen LogP contribution in [0.15, 0.2) is 66.9 Å². The molecule has 0 bridgehead atoms. The fourth-order valence-corrected chi connectivity index (χ4v) is 4.06. The maximum atomic E-state index is 13.4. The van der Waals surface area contributed by atoms with Crippen molar-refractivity contribution < 1.29 is 14.3 Å². The molecule has 7 nitrogen and oxygen atoms in total. The lowest BCUT2D eigenvalue weighted by molar-refractivity contribution is -0.120. The van der Waals surface area contributed by atoms with E-state index in [1.54, 1.807) is 4.90 Å². The van der Waals surface area contributed by atoms with Gasteiger partial charge in [-0.25, -0.2) is 9.78 Å². The molecule has 2 aromatic carbocycles. The number of carbonyl (C=O) groups excluding carboxylic acids is 2. The van der Waals surface area contributed by atoms with E-state index in [1.165, 1.54) is 0 Å². The van der Waals surface area contributed by atoms with E-state index in [2.05, 4.69) is 5.32 Å². The Bertz CT molecular complexity index is 1120. The van der Waals surface area contributed by atoms with E-state index >= 15 is 0 Å². The Morgan fingerprint density at radius 1 is 1.00 bits per heavy atom. The van der Waals surface area contributed by atoms with Crippen LogP contribution < -0.4 is 5.32 Å². The molecule has 7 heteroatoms. The van der Waals surface area contributed by atoms with Gasteiger partial charge in [-0.05, 0) is 52.7 Å². The maximum absolute atomic E-state index is 13.4. The number of aromatic nitrogens is 2. The second-order valence-electron chi connectivity index (χ2n) is 9.34. The number of nitrogens with one attached hydrogen (secondary N) is 1. The molecule has 1 fully saturated rings. The lowest BCUT2D eigenvalue weighted by atomic mass is 10.2. The van der Waals surface area contributed by atoms with Crippen LogP contribution >= 0.6 is 0 Å². The summed E-state index contributed by atoms with van der Waals surface area (Å²) in [6.45, 7) is 7.41. The first-order chi connectivity index (χ1) is 15.7. The number of hydrogen-bond donors (Lipinski definition) is 1. The van der Waals surface area contributed by atoms with Gasteiger partial charge in [0.05, 0.1) is 5.69 Å². The van der Waals surface area contributed by atoms with Crippen LogP contribution in [0.1, 0.15) is 40.5 Å². The fraction of sp³-hybridized carbons (Fsp3) is 0.346. The standard InChI is InChI=1S/C26H30N4O3/c1-18-15-16-22(30(18)25(32)33-26(2,3)4)23(31)28-24-27-21(19-11-7-5-8-12-19)17-29(24)20-13-9-6-10-14-20/h5-14,17-18,22H,15-16H2,1-4H3,(H,27,28,31). The Morgan fingerprint density at radius 2 is 1.64 bits per heavy atom.